The average Bonchev–Trinajstić information content (AvgIpc) is 0. The third-order valence-corrected chi connectivity index (χ3v) is 0. The van der Waals surface area contributed by atoms with Gasteiger partial charge in [-0.05, 0) is 0 Å². The second-order valence-corrected chi connectivity index (χ2v) is 0. The summed E-state index contributed by atoms with van der Waals surface area (Å²) in [4.78, 5) is 0. The van der Waals surface area contributed by atoms with E-state index in [9.17, 15) is 0 Å². The van der Waals surface area contributed by atoms with E-state index in [1.165, 1.54) is 0 Å². The van der Waals surface area contributed by atoms with Crippen molar-refractivity contribution in [1.82, 2.24) is 0 Å². The summed E-state index contributed by atoms with van der Waals surface area (Å²) in [5.41, 5.74) is 0. The van der Waals surface area contributed by atoms with E-state index in [-0.39, 0.29) is 96.9 Å². The van der Waals surface area contributed by atoms with Crippen molar-refractivity contribution in [2.45, 2.75) is 0 Å². The molecule has 5 heavy (non-hydrogen) atoms. The van der Waals surface area contributed by atoms with Crippen LogP contribution in [0.2, 0.25) is 0 Å². The molecule has 0 atom stereocenters. The largest absolute Gasteiger partial charge is 0.412 e. The van der Waals surface area contributed by atoms with Crippen LogP contribution in [0.5, 0.6) is 0 Å². The molecule has 0 aromatic carbocycles. The number of hydrogen-bond donors (Lipinski definition) is 0. The van der Waals surface area contributed by atoms with Crippen LogP contribution in [-0.4, -0.2) is 5.48 Å². The second-order valence-electron chi connectivity index (χ2n) is 0. The first-order valence-corrected chi connectivity index (χ1v) is 0. The molecule has 0 unspecified atom stereocenters. The van der Waals surface area contributed by atoms with Crippen molar-refractivity contribution in [2.75, 3.05) is 0 Å². The van der Waals surface area contributed by atoms with Crippen molar-refractivity contribution >= 4 is 71.9 Å². The standard InChI is InChI=1S/3HI.H2O.Ru/h3*1H;1H2;. The minimum atomic E-state index is 0. The molecule has 0 aliphatic heterocycles. The molecule has 0 saturated carbocycles. The molecular weight excluding hydrogens is 498 g/mol. The van der Waals surface area contributed by atoms with Crippen LogP contribution in [0.25, 0.3) is 0 Å². The summed E-state index contributed by atoms with van der Waals surface area (Å²) in [7, 11) is 0. The zero-order chi connectivity index (χ0) is 0. The molecule has 40 valence electrons. The molecule has 2 N–H and O–H groups in total. The molecule has 5 heteroatoms. The summed E-state index contributed by atoms with van der Waals surface area (Å²) in [6.45, 7) is 0. The predicted octanol–water partition coefficient (Wildman–Crippen LogP) is 1.03. The van der Waals surface area contributed by atoms with Gasteiger partial charge in [-0.25, -0.2) is 0 Å². The topological polar surface area (TPSA) is 31.5 Å². The van der Waals surface area contributed by atoms with Crippen LogP contribution in [0.1, 0.15) is 0 Å². The summed E-state index contributed by atoms with van der Waals surface area (Å²) in [5.74, 6) is 0. The number of hydrogen-bond acceptors (Lipinski definition) is 0. The predicted molar refractivity (Wildman–Crippen MR) is 49.9 cm³/mol. The van der Waals surface area contributed by atoms with E-state index in [1.807, 2.05) is 0 Å². The molecule has 0 aliphatic rings. The van der Waals surface area contributed by atoms with Crippen molar-refractivity contribution in [3.63, 3.8) is 0 Å². The Balaban J connectivity index is 0. The Hall–Kier alpha value is 2.77. The third-order valence-electron chi connectivity index (χ3n) is 0. The van der Waals surface area contributed by atoms with E-state index < -0.39 is 0 Å². The first-order valence-electron chi connectivity index (χ1n) is 0. The maximum absolute atomic E-state index is 0. The Bertz CT molecular complexity index is 6.85. The molecule has 0 aliphatic carbocycles. The Labute approximate surface area is 95.2 Å². The molecule has 0 saturated heterocycles. The fraction of sp³-hybridized carbons (Fsp3) is 0. The Kier molecular flexibility index (Phi) is 272. The van der Waals surface area contributed by atoms with Gasteiger partial charge in [0.15, 0.2) is 0 Å². The van der Waals surface area contributed by atoms with Crippen LogP contribution in [0, 0.1) is 0 Å². The van der Waals surface area contributed by atoms with Crippen molar-refractivity contribution in [3.05, 3.63) is 0 Å². The first-order chi connectivity index (χ1) is 0. The van der Waals surface area contributed by atoms with Crippen LogP contribution in [0.15, 0.2) is 0 Å². The number of rotatable bonds is 0. The van der Waals surface area contributed by atoms with Crippen LogP contribution in [-0.2, 0) is 19.5 Å². The summed E-state index contributed by atoms with van der Waals surface area (Å²) >= 11 is 0. The van der Waals surface area contributed by atoms with Crippen molar-refractivity contribution in [3.8, 4) is 0 Å². The van der Waals surface area contributed by atoms with Gasteiger partial charge in [-0.3, -0.25) is 0 Å². The van der Waals surface area contributed by atoms with E-state index in [4.69, 9.17) is 0 Å². The smallest absolute Gasteiger partial charge is 0 e. The average molecular weight is 503 g/mol. The van der Waals surface area contributed by atoms with E-state index in [0.29, 0.717) is 0 Å². The molecule has 0 amide bonds. The zero-order valence-electron chi connectivity index (χ0n) is 2.08. The first kappa shape index (κ1) is 46.4. The van der Waals surface area contributed by atoms with Crippen LogP contribution in [0.3, 0.4) is 0 Å². The molecule has 0 heterocycles. The molecule has 0 rings (SSSR count). The minimum Gasteiger partial charge on any atom is -0.412 e. The van der Waals surface area contributed by atoms with Crippen LogP contribution >= 0.6 is 71.9 Å². The normalized spacial score (nSPS) is 0. The van der Waals surface area contributed by atoms with Gasteiger partial charge in [0.05, 0.1) is 0 Å². The molecule has 0 radical (unpaired) electrons. The summed E-state index contributed by atoms with van der Waals surface area (Å²) < 4.78 is 0. The second kappa shape index (κ2) is 29.4. The van der Waals surface area contributed by atoms with Gasteiger partial charge in [-0.15, -0.1) is 71.9 Å². The summed E-state index contributed by atoms with van der Waals surface area (Å²) in [5, 5.41) is 0. The third kappa shape index (κ3) is 20.1. The zero-order valence-corrected chi connectivity index (χ0v) is 10.8. The van der Waals surface area contributed by atoms with Gasteiger partial charge in [0.2, 0.25) is 0 Å². The fourth-order valence-corrected chi connectivity index (χ4v) is 0. The molecular formula is H5I3ORu. The summed E-state index contributed by atoms with van der Waals surface area (Å²) in [6, 6.07) is 0. The van der Waals surface area contributed by atoms with Gasteiger partial charge in [-0.1, -0.05) is 0 Å². The molecule has 1 nitrogen and oxygen atoms in total. The van der Waals surface area contributed by atoms with Gasteiger partial charge in [0.1, 0.15) is 0 Å². The molecule has 0 spiro atoms. The monoisotopic (exact) mass is 504 g/mol. The SMILES string of the molecule is I.I.I.O.[Ru]. The molecule has 0 aromatic rings. The molecule has 0 fully saturated rings. The maximum Gasteiger partial charge on any atom is 0 e. The van der Waals surface area contributed by atoms with Crippen LogP contribution < -0.4 is 0 Å². The van der Waals surface area contributed by atoms with Gasteiger partial charge in [-0.2, -0.15) is 0 Å². The van der Waals surface area contributed by atoms with E-state index in [2.05, 4.69) is 0 Å². The van der Waals surface area contributed by atoms with Gasteiger partial charge >= 0.3 is 0 Å². The quantitative estimate of drug-likeness (QED) is 0.350. The van der Waals surface area contributed by atoms with Gasteiger partial charge in [0, 0.05) is 19.5 Å². The van der Waals surface area contributed by atoms with Crippen molar-refractivity contribution in [2.24, 2.45) is 0 Å². The van der Waals surface area contributed by atoms with Gasteiger partial charge < -0.3 is 5.48 Å². The van der Waals surface area contributed by atoms with Crippen LogP contribution in [0.4, 0.5) is 0 Å². The van der Waals surface area contributed by atoms with E-state index >= 15 is 0 Å². The number of halogens is 3. The summed E-state index contributed by atoms with van der Waals surface area (Å²) in [6.07, 6.45) is 0. The van der Waals surface area contributed by atoms with Crippen molar-refractivity contribution < 1.29 is 25.0 Å². The van der Waals surface area contributed by atoms with Crippen molar-refractivity contribution in [1.29, 1.82) is 0 Å². The Morgan fingerprint density at radius 3 is 0.600 bits per heavy atom. The fourth-order valence-electron chi connectivity index (χ4n) is 0. The Morgan fingerprint density at radius 1 is 0.600 bits per heavy atom. The van der Waals surface area contributed by atoms with Gasteiger partial charge in [0.25, 0.3) is 0 Å². The maximum atomic E-state index is 0. The van der Waals surface area contributed by atoms with E-state index in [1.54, 1.807) is 0 Å². The molecule has 0 aromatic heterocycles. The minimum absolute atomic E-state index is 0. The Morgan fingerprint density at radius 2 is 0.600 bits per heavy atom. The molecule has 0 bridgehead atoms. The van der Waals surface area contributed by atoms with E-state index in [0.717, 1.165) is 0 Å².